The highest BCUT2D eigenvalue weighted by atomic mass is 19.1. The second-order valence-electron chi connectivity index (χ2n) is 7.32. The zero-order valence-electron chi connectivity index (χ0n) is 17.3. The quantitative estimate of drug-likeness (QED) is 0.656. The van der Waals surface area contributed by atoms with Crippen LogP contribution in [0.2, 0.25) is 0 Å². The van der Waals surface area contributed by atoms with Gasteiger partial charge in [0.2, 0.25) is 5.76 Å². The van der Waals surface area contributed by atoms with Gasteiger partial charge >= 0.3 is 0 Å². The molecule has 0 bridgehead atoms. The Bertz CT molecular complexity index is 1070. The van der Waals surface area contributed by atoms with Crippen molar-refractivity contribution in [3.05, 3.63) is 60.1 Å². The molecule has 7 nitrogen and oxygen atoms in total. The number of anilines is 1. The SMILES string of the molecule is CCN1CCN(C(=O)c2oc3ccccc3c2NC(=O)COc2ccc(F)cc2)CC1. The molecule has 2 aromatic carbocycles. The Morgan fingerprint density at radius 2 is 1.77 bits per heavy atom. The summed E-state index contributed by atoms with van der Waals surface area (Å²) < 4.78 is 24.3. The van der Waals surface area contributed by atoms with Gasteiger partial charge in [0.25, 0.3) is 11.8 Å². The Labute approximate surface area is 179 Å². The van der Waals surface area contributed by atoms with Crippen LogP contribution in [0.3, 0.4) is 0 Å². The largest absolute Gasteiger partial charge is 0.484 e. The number of nitrogens with zero attached hydrogens (tertiary/aromatic N) is 2. The molecule has 1 aliphatic rings. The molecule has 0 spiro atoms. The van der Waals surface area contributed by atoms with Crippen LogP contribution in [0.5, 0.6) is 5.75 Å². The molecule has 0 atom stereocenters. The maximum Gasteiger partial charge on any atom is 0.291 e. The average molecular weight is 425 g/mol. The first-order chi connectivity index (χ1) is 15.0. The summed E-state index contributed by atoms with van der Waals surface area (Å²) in [5, 5.41) is 3.41. The van der Waals surface area contributed by atoms with E-state index in [1.807, 2.05) is 12.1 Å². The summed E-state index contributed by atoms with van der Waals surface area (Å²) in [6.45, 7) is 5.56. The van der Waals surface area contributed by atoms with Gasteiger partial charge < -0.3 is 24.3 Å². The van der Waals surface area contributed by atoms with Gasteiger partial charge in [-0.25, -0.2) is 4.39 Å². The molecule has 3 aromatic rings. The van der Waals surface area contributed by atoms with Crippen molar-refractivity contribution in [2.24, 2.45) is 0 Å². The maximum atomic E-state index is 13.2. The second-order valence-corrected chi connectivity index (χ2v) is 7.32. The first-order valence-electron chi connectivity index (χ1n) is 10.3. The number of carbonyl (C=O) groups excluding carboxylic acids is 2. The number of nitrogens with one attached hydrogen (secondary N) is 1. The van der Waals surface area contributed by atoms with Crippen LogP contribution in [0.15, 0.2) is 52.9 Å². The Hall–Kier alpha value is -3.39. The number of carbonyl (C=O) groups is 2. The van der Waals surface area contributed by atoms with Crippen LogP contribution in [-0.2, 0) is 4.79 Å². The number of furan rings is 1. The molecule has 4 rings (SSSR count). The van der Waals surface area contributed by atoms with Crippen molar-refractivity contribution in [1.82, 2.24) is 9.80 Å². The summed E-state index contributed by atoms with van der Waals surface area (Å²) in [6, 6.07) is 12.6. The van der Waals surface area contributed by atoms with Crippen molar-refractivity contribution in [2.75, 3.05) is 44.6 Å². The molecular formula is C23H24FN3O4. The van der Waals surface area contributed by atoms with Crippen LogP contribution in [0, 0.1) is 5.82 Å². The van der Waals surface area contributed by atoms with Crippen molar-refractivity contribution in [1.29, 1.82) is 0 Å². The predicted molar refractivity (Wildman–Crippen MR) is 115 cm³/mol. The summed E-state index contributed by atoms with van der Waals surface area (Å²) in [5.41, 5.74) is 0.860. The number of benzene rings is 2. The number of likely N-dealkylation sites (N-methyl/N-ethyl adjacent to an activating group) is 1. The lowest BCUT2D eigenvalue weighted by molar-refractivity contribution is -0.118. The summed E-state index contributed by atoms with van der Waals surface area (Å²) in [7, 11) is 0. The van der Waals surface area contributed by atoms with Crippen molar-refractivity contribution in [3.63, 3.8) is 0 Å². The van der Waals surface area contributed by atoms with Gasteiger partial charge in [0.15, 0.2) is 6.61 Å². The van der Waals surface area contributed by atoms with Gasteiger partial charge in [0.1, 0.15) is 22.8 Å². The molecule has 0 radical (unpaired) electrons. The highest BCUT2D eigenvalue weighted by molar-refractivity contribution is 6.11. The summed E-state index contributed by atoms with van der Waals surface area (Å²) in [5.74, 6) is -0.591. The number of para-hydroxylation sites is 1. The van der Waals surface area contributed by atoms with E-state index in [4.69, 9.17) is 9.15 Å². The summed E-state index contributed by atoms with van der Waals surface area (Å²) in [6.07, 6.45) is 0. The Balaban J connectivity index is 1.51. The first kappa shape index (κ1) is 20.9. The molecule has 1 aliphatic heterocycles. The number of piperazine rings is 1. The fraction of sp³-hybridized carbons (Fsp3) is 0.304. The van der Waals surface area contributed by atoms with Gasteiger partial charge in [-0.05, 0) is 42.9 Å². The number of fused-ring (bicyclic) bond motifs is 1. The molecule has 1 aromatic heterocycles. The third-order valence-corrected chi connectivity index (χ3v) is 5.34. The molecule has 1 N–H and O–H groups in total. The zero-order valence-corrected chi connectivity index (χ0v) is 17.3. The van der Waals surface area contributed by atoms with Crippen LogP contribution in [-0.4, -0.2) is 60.9 Å². The zero-order chi connectivity index (χ0) is 21.8. The van der Waals surface area contributed by atoms with Crippen LogP contribution in [0.25, 0.3) is 11.0 Å². The van der Waals surface area contributed by atoms with E-state index in [1.54, 1.807) is 17.0 Å². The Morgan fingerprint density at radius 1 is 1.06 bits per heavy atom. The van der Waals surface area contributed by atoms with Gasteiger partial charge in [-0.15, -0.1) is 0 Å². The molecule has 0 saturated carbocycles. The molecule has 1 saturated heterocycles. The van der Waals surface area contributed by atoms with Crippen LogP contribution in [0.1, 0.15) is 17.5 Å². The first-order valence-corrected chi connectivity index (χ1v) is 10.3. The summed E-state index contributed by atoms with van der Waals surface area (Å²) in [4.78, 5) is 29.7. The predicted octanol–water partition coefficient (Wildman–Crippen LogP) is 3.37. The van der Waals surface area contributed by atoms with Gasteiger partial charge in [0.05, 0.1) is 0 Å². The molecule has 0 unspecified atom stereocenters. The van der Waals surface area contributed by atoms with Crippen LogP contribution >= 0.6 is 0 Å². The van der Waals surface area contributed by atoms with E-state index < -0.39 is 5.91 Å². The number of halogens is 1. The highest BCUT2D eigenvalue weighted by Gasteiger charge is 2.28. The lowest BCUT2D eigenvalue weighted by Crippen LogP contribution is -2.48. The van der Waals surface area contributed by atoms with E-state index in [1.165, 1.54) is 24.3 Å². The lowest BCUT2D eigenvalue weighted by atomic mass is 10.2. The van der Waals surface area contributed by atoms with Crippen molar-refractivity contribution in [2.45, 2.75) is 6.92 Å². The topological polar surface area (TPSA) is 75.0 Å². The third kappa shape index (κ3) is 4.69. The summed E-state index contributed by atoms with van der Waals surface area (Å²) >= 11 is 0. The van der Waals surface area contributed by atoms with Gasteiger partial charge in [-0.1, -0.05) is 19.1 Å². The molecule has 31 heavy (non-hydrogen) atoms. The fourth-order valence-electron chi connectivity index (χ4n) is 3.59. The molecule has 1 fully saturated rings. The highest BCUT2D eigenvalue weighted by Crippen LogP contribution is 2.32. The maximum absolute atomic E-state index is 13.2. The lowest BCUT2D eigenvalue weighted by Gasteiger charge is -2.33. The molecule has 162 valence electrons. The van der Waals surface area contributed by atoms with Crippen molar-refractivity contribution >= 4 is 28.5 Å². The minimum Gasteiger partial charge on any atom is -0.484 e. The number of amides is 2. The van der Waals surface area contributed by atoms with Crippen LogP contribution in [0.4, 0.5) is 10.1 Å². The van der Waals surface area contributed by atoms with Crippen molar-refractivity contribution < 1.29 is 23.1 Å². The Kier molecular flexibility index (Phi) is 6.18. The second kappa shape index (κ2) is 9.18. The number of rotatable bonds is 6. The van der Waals surface area contributed by atoms with E-state index in [0.29, 0.717) is 35.5 Å². The van der Waals surface area contributed by atoms with E-state index in [2.05, 4.69) is 17.1 Å². The standard InChI is InChI=1S/C23H24FN3O4/c1-2-26-11-13-27(14-12-26)23(29)22-21(18-5-3-4-6-19(18)31-22)25-20(28)15-30-17-9-7-16(24)8-10-17/h3-10H,2,11-15H2,1H3,(H,25,28). The molecular weight excluding hydrogens is 401 g/mol. The monoisotopic (exact) mass is 425 g/mol. The molecule has 0 aliphatic carbocycles. The minimum atomic E-state index is -0.444. The molecule has 2 amide bonds. The number of hydrogen-bond donors (Lipinski definition) is 1. The van der Waals surface area contributed by atoms with Crippen LogP contribution < -0.4 is 10.1 Å². The fourth-order valence-corrected chi connectivity index (χ4v) is 3.59. The van der Waals surface area contributed by atoms with Gasteiger partial charge in [-0.3, -0.25) is 9.59 Å². The number of hydrogen-bond acceptors (Lipinski definition) is 5. The molecule has 2 heterocycles. The van der Waals surface area contributed by atoms with E-state index in [-0.39, 0.29) is 24.1 Å². The average Bonchev–Trinajstić information content (AvgIpc) is 3.16. The van der Waals surface area contributed by atoms with Gasteiger partial charge in [0, 0.05) is 31.6 Å². The van der Waals surface area contributed by atoms with Gasteiger partial charge in [-0.2, -0.15) is 0 Å². The smallest absolute Gasteiger partial charge is 0.291 e. The van der Waals surface area contributed by atoms with Crippen molar-refractivity contribution in [3.8, 4) is 5.75 Å². The number of ether oxygens (including phenoxy) is 1. The van der Waals surface area contributed by atoms with E-state index in [9.17, 15) is 14.0 Å². The third-order valence-electron chi connectivity index (χ3n) is 5.34. The molecule has 8 heteroatoms. The minimum absolute atomic E-state index is 0.112. The van der Waals surface area contributed by atoms with E-state index in [0.717, 1.165) is 19.6 Å². The van der Waals surface area contributed by atoms with E-state index >= 15 is 0 Å². The normalized spacial score (nSPS) is 14.6. The Morgan fingerprint density at radius 3 is 2.48 bits per heavy atom.